The van der Waals surface area contributed by atoms with E-state index in [-0.39, 0.29) is 18.0 Å². The molecule has 0 N–H and O–H groups in total. The minimum Gasteiger partial charge on any atom is -0.341 e. The number of piperidine rings is 1. The van der Waals surface area contributed by atoms with E-state index >= 15 is 0 Å². The molecule has 3 rings (SSSR count). The van der Waals surface area contributed by atoms with E-state index in [1.54, 1.807) is 0 Å². The van der Waals surface area contributed by atoms with Crippen LogP contribution in [-0.2, 0) is 11.3 Å². The fraction of sp³-hybridized carbons (Fsp3) is 0.389. The lowest BCUT2D eigenvalue weighted by Crippen LogP contribution is -2.39. The highest BCUT2D eigenvalue weighted by Crippen LogP contribution is 2.15. The standard InChI is InChI=1S/C18H21N3O2/c1-14-5-7-15(8-6-14)16-11-17(22)21(13-19-16)12-18(23)20-9-3-2-4-10-20/h5-8,11,13H,2-4,9-10,12H2,1H3. The Hall–Kier alpha value is -2.43. The first-order chi connectivity index (χ1) is 11.1. The van der Waals surface area contributed by atoms with E-state index in [0.717, 1.165) is 37.1 Å². The minimum atomic E-state index is -0.194. The number of aromatic nitrogens is 2. The van der Waals surface area contributed by atoms with E-state index in [4.69, 9.17) is 0 Å². The van der Waals surface area contributed by atoms with E-state index in [9.17, 15) is 9.59 Å². The molecule has 120 valence electrons. The third-order valence-corrected chi connectivity index (χ3v) is 4.24. The van der Waals surface area contributed by atoms with E-state index in [2.05, 4.69) is 4.98 Å². The van der Waals surface area contributed by atoms with Crippen molar-refractivity contribution in [1.82, 2.24) is 14.5 Å². The second-order valence-corrected chi connectivity index (χ2v) is 6.05. The summed E-state index contributed by atoms with van der Waals surface area (Å²) in [7, 11) is 0. The smallest absolute Gasteiger partial charge is 0.254 e. The summed E-state index contributed by atoms with van der Waals surface area (Å²) in [5, 5.41) is 0. The fourth-order valence-electron chi connectivity index (χ4n) is 2.82. The van der Waals surface area contributed by atoms with Gasteiger partial charge in [-0.3, -0.25) is 14.2 Å². The van der Waals surface area contributed by atoms with Crippen LogP contribution in [-0.4, -0.2) is 33.4 Å². The second-order valence-electron chi connectivity index (χ2n) is 6.05. The Morgan fingerprint density at radius 3 is 2.48 bits per heavy atom. The average molecular weight is 311 g/mol. The Morgan fingerprint density at radius 2 is 1.83 bits per heavy atom. The Kier molecular flexibility index (Phi) is 4.55. The van der Waals surface area contributed by atoms with Crippen LogP contribution in [0.15, 0.2) is 41.5 Å². The van der Waals surface area contributed by atoms with Crippen molar-refractivity contribution in [2.24, 2.45) is 0 Å². The van der Waals surface area contributed by atoms with Crippen molar-refractivity contribution < 1.29 is 4.79 Å². The number of likely N-dealkylation sites (tertiary alicyclic amines) is 1. The van der Waals surface area contributed by atoms with Gasteiger partial charge < -0.3 is 4.90 Å². The molecule has 0 saturated carbocycles. The van der Waals surface area contributed by atoms with Crippen molar-refractivity contribution >= 4 is 5.91 Å². The molecule has 1 amide bonds. The van der Waals surface area contributed by atoms with Gasteiger partial charge in [0, 0.05) is 24.7 Å². The lowest BCUT2D eigenvalue weighted by atomic mass is 10.1. The third kappa shape index (κ3) is 3.67. The van der Waals surface area contributed by atoms with Crippen molar-refractivity contribution in [2.75, 3.05) is 13.1 Å². The molecule has 1 fully saturated rings. The average Bonchev–Trinajstić information content (AvgIpc) is 2.58. The molecule has 1 aromatic carbocycles. The van der Waals surface area contributed by atoms with Gasteiger partial charge in [-0.25, -0.2) is 4.98 Å². The fourth-order valence-corrected chi connectivity index (χ4v) is 2.82. The molecule has 1 aliphatic rings. The molecule has 0 unspecified atom stereocenters. The first kappa shape index (κ1) is 15.5. The van der Waals surface area contributed by atoms with Gasteiger partial charge in [0.15, 0.2) is 0 Å². The molecular formula is C18H21N3O2. The normalized spacial score (nSPS) is 14.7. The summed E-state index contributed by atoms with van der Waals surface area (Å²) in [6, 6.07) is 9.36. The number of hydrogen-bond donors (Lipinski definition) is 0. The number of carbonyl (C=O) groups is 1. The van der Waals surface area contributed by atoms with Crippen LogP contribution in [0.5, 0.6) is 0 Å². The van der Waals surface area contributed by atoms with Crippen LogP contribution in [0.1, 0.15) is 24.8 Å². The summed E-state index contributed by atoms with van der Waals surface area (Å²) in [6.45, 7) is 3.67. The van der Waals surface area contributed by atoms with Gasteiger partial charge in [-0.05, 0) is 26.2 Å². The second kappa shape index (κ2) is 6.77. The van der Waals surface area contributed by atoms with Crippen molar-refractivity contribution in [3.05, 3.63) is 52.6 Å². The van der Waals surface area contributed by atoms with Crippen molar-refractivity contribution in [3.63, 3.8) is 0 Å². The third-order valence-electron chi connectivity index (χ3n) is 4.24. The Morgan fingerprint density at radius 1 is 1.13 bits per heavy atom. The molecule has 0 aliphatic carbocycles. The zero-order valence-electron chi connectivity index (χ0n) is 13.4. The molecule has 0 atom stereocenters. The largest absolute Gasteiger partial charge is 0.341 e. The number of amides is 1. The number of carbonyl (C=O) groups excluding carboxylic acids is 1. The summed E-state index contributed by atoms with van der Waals surface area (Å²) in [6.07, 6.45) is 4.74. The summed E-state index contributed by atoms with van der Waals surface area (Å²) in [4.78, 5) is 30.7. The van der Waals surface area contributed by atoms with E-state index in [1.807, 2.05) is 36.1 Å². The summed E-state index contributed by atoms with van der Waals surface area (Å²) in [5.74, 6) is -0.00307. The number of aryl methyl sites for hydroxylation is 1. The first-order valence-electron chi connectivity index (χ1n) is 8.05. The zero-order chi connectivity index (χ0) is 16.2. The summed E-state index contributed by atoms with van der Waals surface area (Å²) >= 11 is 0. The highest BCUT2D eigenvalue weighted by Gasteiger charge is 2.17. The van der Waals surface area contributed by atoms with Gasteiger partial charge in [-0.1, -0.05) is 29.8 Å². The molecule has 0 bridgehead atoms. The van der Waals surface area contributed by atoms with Crippen molar-refractivity contribution in [3.8, 4) is 11.3 Å². The lowest BCUT2D eigenvalue weighted by Gasteiger charge is -2.26. The molecule has 23 heavy (non-hydrogen) atoms. The van der Waals surface area contributed by atoms with Crippen molar-refractivity contribution in [1.29, 1.82) is 0 Å². The Balaban J connectivity index is 1.75. The van der Waals surface area contributed by atoms with Gasteiger partial charge in [0.25, 0.3) is 5.56 Å². The molecule has 1 saturated heterocycles. The first-order valence-corrected chi connectivity index (χ1v) is 8.05. The molecule has 1 aliphatic heterocycles. The van der Waals surface area contributed by atoms with Crippen molar-refractivity contribution in [2.45, 2.75) is 32.7 Å². The highest BCUT2D eigenvalue weighted by molar-refractivity contribution is 5.76. The predicted octanol–water partition coefficient (Wildman–Crippen LogP) is 2.23. The van der Waals surface area contributed by atoms with E-state index in [1.165, 1.54) is 23.4 Å². The van der Waals surface area contributed by atoms with Crippen LogP contribution in [0.3, 0.4) is 0 Å². The molecule has 1 aromatic heterocycles. The van der Waals surface area contributed by atoms with Crippen LogP contribution >= 0.6 is 0 Å². The molecule has 2 aromatic rings. The molecule has 5 heteroatoms. The van der Waals surface area contributed by atoms with Gasteiger partial charge in [0.05, 0.1) is 12.0 Å². The van der Waals surface area contributed by atoms with E-state index in [0.29, 0.717) is 5.69 Å². The molecule has 0 radical (unpaired) electrons. The number of benzene rings is 1. The quantitative estimate of drug-likeness (QED) is 0.873. The zero-order valence-corrected chi connectivity index (χ0v) is 13.4. The van der Waals surface area contributed by atoms with Crippen LogP contribution in [0.4, 0.5) is 0 Å². The van der Waals surface area contributed by atoms with Gasteiger partial charge in [0.2, 0.25) is 5.91 Å². The molecule has 0 spiro atoms. The summed E-state index contributed by atoms with van der Waals surface area (Å²) in [5.41, 5.74) is 2.51. The monoisotopic (exact) mass is 311 g/mol. The topological polar surface area (TPSA) is 55.2 Å². The maximum atomic E-state index is 12.3. The number of nitrogens with zero attached hydrogens (tertiary/aromatic N) is 3. The van der Waals surface area contributed by atoms with Gasteiger partial charge in [-0.15, -0.1) is 0 Å². The van der Waals surface area contributed by atoms with Gasteiger partial charge in [0.1, 0.15) is 6.54 Å². The Bertz CT molecular complexity index is 744. The number of hydrogen-bond acceptors (Lipinski definition) is 3. The van der Waals surface area contributed by atoms with Gasteiger partial charge in [-0.2, -0.15) is 0 Å². The molecule has 5 nitrogen and oxygen atoms in total. The van der Waals surface area contributed by atoms with Crippen LogP contribution in [0, 0.1) is 6.92 Å². The molecule has 2 heterocycles. The van der Waals surface area contributed by atoms with Crippen LogP contribution < -0.4 is 5.56 Å². The van der Waals surface area contributed by atoms with E-state index < -0.39 is 0 Å². The van der Waals surface area contributed by atoms with Gasteiger partial charge >= 0.3 is 0 Å². The molecular weight excluding hydrogens is 290 g/mol. The highest BCUT2D eigenvalue weighted by atomic mass is 16.2. The SMILES string of the molecule is Cc1ccc(-c2cc(=O)n(CC(=O)N3CCCCC3)cn2)cc1. The Labute approximate surface area is 135 Å². The summed E-state index contributed by atoms with van der Waals surface area (Å²) < 4.78 is 1.38. The van der Waals surface area contributed by atoms with Crippen LogP contribution in [0.25, 0.3) is 11.3 Å². The maximum Gasteiger partial charge on any atom is 0.254 e. The predicted molar refractivity (Wildman–Crippen MR) is 89.1 cm³/mol. The minimum absolute atomic E-state index is 0.00307. The lowest BCUT2D eigenvalue weighted by molar-refractivity contribution is -0.132. The van der Waals surface area contributed by atoms with Crippen LogP contribution in [0.2, 0.25) is 0 Å². The number of rotatable bonds is 3. The maximum absolute atomic E-state index is 12.3.